The Hall–Kier alpha value is -1.03. The van der Waals surface area contributed by atoms with Crippen LogP contribution in [0.25, 0.3) is 10.8 Å². The molecule has 3 rings (SSSR count). The van der Waals surface area contributed by atoms with Gasteiger partial charge in [0.25, 0.3) is 0 Å². The highest BCUT2D eigenvalue weighted by molar-refractivity contribution is 8.00. The molecule has 2 N–H and O–H groups in total. The first kappa shape index (κ1) is 14.9. The Morgan fingerprint density at radius 3 is 2.43 bits per heavy atom. The maximum absolute atomic E-state index is 6.12. The van der Waals surface area contributed by atoms with E-state index in [1.807, 2.05) is 0 Å². The molecule has 0 bridgehead atoms. The summed E-state index contributed by atoms with van der Waals surface area (Å²) in [5.74, 6) is 0. The molecular weight excluding hydrogens is 276 g/mol. The summed E-state index contributed by atoms with van der Waals surface area (Å²) >= 11 is 2.09. The molecule has 1 aliphatic heterocycles. The van der Waals surface area contributed by atoms with Crippen molar-refractivity contribution in [1.82, 2.24) is 4.90 Å². The van der Waals surface area contributed by atoms with Crippen molar-refractivity contribution in [2.45, 2.75) is 30.4 Å². The molecule has 3 unspecified atom stereocenters. The molecule has 0 aliphatic carbocycles. The predicted octanol–water partition coefficient (Wildman–Crippen LogP) is 3.67. The van der Waals surface area contributed by atoms with Gasteiger partial charge in [0.2, 0.25) is 0 Å². The van der Waals surface area contributed by atoms with E-state index in [1.54, 1.807) is 0 Å². The Balaban J connectivity index is 1.90. The van der Waals surface area contributed by atoms with E-state index in [4.69, 9.17) is 5.73 Å². The zero-order valence-corrected chi connectivity index (χ0v) is 13.6. The molecule has 1 aliphatic rings. The molecule has 0 saturated carbocycles. The van der Waals surface area contributed by atoms with Crippen LogP contribution in [0.5, 0.6) is 0 Å². The topological polar surface area (TPSA) is 29.3 Å². The molecule has 2 nitrogen and oxygen atoms in total. The normalized spacial score (nSPS) is 25.1. The fourth-order valence-corrected chi connectivity index (χ4v) is 4.73. The molecule has 2 aromatic carbocycles. The standard InChI is InChI=1S/C18H24N2S/c1-13-11-20(12-14(2)21-13)18(10-19)17-8-7-15-5-3-4-6-16(15)9-17/h3-9,13-14,18H,10-12,19H2,1-2H3. The van der Waals surface area contributed by atoms with Crippen molar-refractivity contribution >= 4 is 22.5 Å². The molecular formula is C18H24N2S. The summed E-state index contributed by atoms with van der Waals surface area (Å²) in [5, 5.41) is 3.97. The fraction of sp³-hybridized carbons (Fsp3) is 0.444. The molecule has 1 fully saturated rings. The minimum Gasteiger partial charge on any atom is -0.329 e. The number of benzene rings is 2. The molecule has 1 saturated heterocycles. The van der Waals surface area contributed by atoms with Crippen LogP contribution >= 0.6 is 11.8 Å². The summed E-state index contributed by atoms with van der Waals surface area (Å²) in [7, 11) is 0. The summed E-state index contributed by atoms with van der Waals surface area (Å²) < 4.78 is 0. The van der Waals surface area contributed by atoms with Crippen LogP contribution in [-0.4, -0.2) is 35.0 Å². The third kappa shape index (κ3) is 3.25. The molecule has 21 heavy (non-hydrogen) atoms. The second-order valence-corrected chi connectivity index (χ2v) is 7.95. The Kier molecular flexibility index (Phi) is 4.53. The van der Waals surface area contributed by atoms with Crippen LogP contribution in [-0.2, 0) is 0 Å². The zero-order chi connectivity index (χ0) is 14.8. The smallest absolute Gasteiger partial charge is 0.0471 e. The minimum atomic E-state index is 0.334. The number of hydrogen-bond donors (Lipinski definition) is 1. The van der Waals surface area contributed by atoms with Crippen molar-refractivity contribution in [3.05, 3.63) is 48.0 Å². The highest BCUT2D eigenvalue weighted by atomic mass is 32.2. The number of thioether (sulfide) groups is 1. The van der Waals surface area contributed by atoms with Crippen molar-refractivity contribution in [2.75, 3.05) is 19.6 Å². The van der Waals surface area contributed by atoms with E-state index < -0.39 is 0 Å². The van der Waals surface area contributed by atoms with Gasteiger partial charge in [-0.1, -0.05) is 50.2 Å². The van der Waals surface area contributed by atoms with E-state index in [0.29, 0.717) is 23.1 Å². The molecule has 2 aromatic rings. The SMILES string of the molecule is CC1CN(C(CN)c2ccc3ccccc3c2)CC(C)S1. The molecule has 0 aromatic heterocycles. The van der Waals surface area contributed by atoms with Crippen LogP contribution in [0.2, 0.25) is 0 Å². The molecule has 3 heteroatoms. The Labute approximate surface area is 131 Å². The second kappa shape index (κ2) is 6.39. The van der Waals surface area contributed by atoms with Crippen molar-refractivity contribution in [2.24, 2.45) is 5.73 Å². The maximum Gasteiger partial charge on any atom is 0.0471 e. The second-order valence-electron chi connectivity index (χ2n) is 6.07. The molecule has 0 amide bonds. The molecule has 0 radical (unpaired) electrons. The summed E-state index contributed by atoms with van der Waals surface area (Å²) in [6.07, 6.45) is 0. The monoisotopic (exact) mass is 300 g/mol. The van der Waals surface area contributed by atoms with Gasteiger partial charge in [0, 0.05) is 36.2 Å². The minimum absolute atomic E-state index is 0.334. The molecule has 0 spiro atoms. The predicted molar refractivity (Wildman–Crippen MR) is 93.8 cm³/mol. The van der Waals surface area contributed by atoms with Crippen molar-refractivity contribution in [1.29, 1.82) is 0 Å². The number of fused-ring (bicyclic) bond motifs is 1. The van der Waals surface area contributed by atoms with Gasteiger partial charge >= 0.3 is 0 Å². The first-order valence-corrected chi connectivity index (χ1v) is 8.70. The van der Waals surface area contributed by atoms with Gasteiger partial charge in [0.1, 0.15) is 0 Å². The quantitative estimate of drug-likeness (QED) is 0.938. The van der Waals surface area contributed by atoms with Gasteiger partial charge in [-0.2, -0.15) is 11.8 Å². The van der Waals surface area contributed by atoms with E-state index in [1.165, 1.54) is 16.3 Å². The van der Waals surface area contributed by atoms with Gasteiger partial charge in [0.05, 0.1) is 0 Å². The van der Waals surface area contributed by atoms with Crippen LogP contribution in [0.3, 0.4) is 0 Å². The van der Waals surface area contributed by atoms with Gasteiger partial charge in [-0.25, -0.2) is 0 Å². The van der Waals surface area contributed by atoms with Crippen LogP contribution < -0.4 is 5.73 Å². The van der Waals surface area contributed by atoms with Crippen molar-refractivity contribution < 1.29 is 0 Å². The van der Waals surface area contributed by atoms with Gasteiger partial charge in [0.15, 0.2) is 0 Å². The van der Waals surface area contributed by atoms with Gasteiger partial charge in [-0.3, -0.25) is 4.90 Å². The van der Waals surface area contributed by atoms with Crippen LogP contribution in [0.4, 0.5) is 0 Å². The lowest BCUT2D eigenvalue weighted by Gasteiger charge is -2.39. The largest absolute Gasteiger partial charge is 0.329 e. The van der Waals surface area contributed by atoms with E-state index in [9.17, 15) is 0 Å². The average molecular weight is 300 g/mol. The van der Waals surface area contributed by atoms with E-state index >= 15 is 0 Å². The number of rotatable bonds is 3. The molecule has 1 heterocycles. The fourth-order valence-electron chi connectivity index (χ4n) is 3.38. The average Bonchev–Trinajstić information content (AvgIpc) is 2.47. The third-order valence-corrected chi connectivity index (χ3v) is 5.50. The highest BCUT2D eigenvalue weighted by Gasteiger charge is 2.28. The molecule has 112 valence electrons. The first-order chi connectivity index (χ1) is 10.2. The third-order valence-electron chi connectivity index (χ3n) is 4.27. The lowest BCUT2D eigenvalue weighted by atomic mass is 10.00. The maximum atomic E-state index is 6.12. The van der Waals surface area contributed by atoms with E-state index in [2.05, 4.69) is 73.0 Å². The van der Waals surface area contributed by atoms with Crippen molar-refractivity contribution in [3.8, 4) is 0 Å². The Bertz CT molecular complexity index is 603. The lowest BCUT2D eigenvalue weighted by Crippen LogP contribution is -2.44. The van der Waals surface area contributed by atoms with Gasteiger partial charge < -0.3 is 5.73 Å². The first-order valence-electron chi connectivity index (χ1n) is 7.75. The zero-order valence-electron chi connectivity index (χ0n) is 12.8. The van der Waals surface area contributed by atoms with Crippen LogP contribution in [0.15, 0.2) is 42.5 Å². The van der Waals surface area contributed by atoms with Gasteiger partial charge in [-0.15, -0.1) is 0 Å². The highest BCUT2D eigenvalue weighted by Crippen LogP contribution is 2.31. The van der Waals surface area contributed by atoms with Crippen LogP contribution in [0, 0.1) is 0 Å². The summed E-state index contributed by atoms with van der Waals surface area (Å²) in [6, 6.07) is 15.7. The van der Waals surface area contributed by atoms with Gasteiger partial charge in [-0.05, 0) is 22.4 Å². The Morgan fingerprint density at radius 2 is 1.76 bits per heavy atom. The summed E-state index contributed by atoms with van der Waals surface area (Å²) in [5.41, 5.74) is 7.47. The number of hydrogen-bond acceptors (Lipinski definition) is 3. The van der Waals surface area contributed by atoms with Crippen LogP contribution in [0.1, 0.15) is 25.5 Å². The molecule has 3 atom stereocenters. The van der Waals surface area contributed by atoms with E-state index in [0.717, 1.165) is 13.1 Å². The lowest BCUT2D eigenvalue weighted by molar-refractivity contribution is 0.199. The summed E-state index contributed by atoms with van der Waals surface area (Å²) in [6.45, 7) is 7.58. The van der Waals surface area contributed by atoms with E-state index in [-0.39, 0.29) is 0 Å². The van der Waals surface area contributed by atoms with Crippen molar-refractivity contribution in [3.63, 3.8) is 0 Å². The number of nitrogens with zero attached hydrogens (tertiary/aromatic N) is 1. The Morgan fingerprint density at radius 1 is 1.10 bits per heavy atom. The number of nitrogens with two attached hydrogens (primary N) is 1. The summed E-state index contributed by atoms with van der Waals surface area (Å²) in [4.78, 5) is 2.57.